The van der Waals surface area contributed by atoms with Gasteiger partial charge in [0.05, 0.1) is 10.7 Å². The molecule has 39 heavy (non-hydrogen) atoms. The van der Waals surface area contributed by atoms with Crippen LogP contribution >= 0.6 is 11.6 Å². The summed E-state index contributed by atoms with van der Waals surface area (Å²) in [6, 6.07) is 5.05. The Bertz CT molecular complexity index is 1270. The number of halogens is 3. The van der Waals surface area contributed by atoms with Gasteiger partial charge in [0.15, 0.2) is 11.1 Å². The number of amides is 1. The number of carbonyl (C=O) groups is 1. The Morgan fingerprint density at radius 3 is 2.46 bits per heavy atom. The molecule has 218 valence electrons. The maximum absolute atomic E-state index is 13.3. The van der Waals surface area contributed by atoms with Crippen LogP contribution in [0.15, 0.2) is 18.2 Å². The molecule has 1 aliphatic rings. The fourth-order valence-electron chi connectivity index (χ4n) is 5.02. The number of primary sulfonamides is 1. The fraction of sp³-hybridized carbons (Fsp3) is 0.615. The number of nitrogens with two attached hydrogens (primary N) is 1. The van der Waals surface area contributed by atoms with Gasteiger partial charge in [-0.25, -0.2) is 13.6 Å². The number of nitrogens with one attached hydrogen (secondary N) is 1. The highest BCUT2D eigenvalue weighted by Crippen LogP contribution is 2.39. The third kappa shape index (κ3) is 8.12. The van der Waals surface area contributed by atoms with Gasteiger partial charge in [0.2, 0.25) is 10.0 Å². The third-order valence-corrected chi connectivity index (χ3v) is 8.26. The molecule has 2 aromatic rings. The lowest BCUT2D eigenvalue weighted by molar-refractivity contribution is -0.0495. The molecule has 9 nitrogen and oxygen atoms in total. The molecular formula is C26H37ClF2N4O5S. The van der Waals surface area contributed by atoms with Crippen LogP contribution in [0.5, 0.6) is 5.75 Å². The van der Waals surface area contributed by atoms with E-state index >= 15 is 0 Å². The van der Waals surface area contributed by atoms with E-state index in [1.807, 2.05) is 26.8 Å². The number of nitrogens with zero attached hydrogens (tertiary/aromatic N) is 2. The van der Waals surface area contributed by atoms with Gasteiger partial charge in [-0.3, -0.25) is 9.48 Å². The molecule has 1 atom stereocenters. The van der Waals surface area contributed by atoms with Crippen molar-refractivity contribution in [2.24, 2.45) is 22.4 Å². The van der Waals surface area contributed by atoms with E-state index in [0.717, 1.165) is 5.56 Å². The number of hydrogen-bond donors (Lipinski definition) is 3. The summed E-state index contributed by atoms with van der Waals surface area (Å²) in [5.74, 6) is -0.927. The van der Waals surface area contributed by atoms with Crippen molar-refractivity contribution in [2.45, 2.75) is 78.4 Å². The SMILES string of the molecule is CCn1nc(C(=O)NCC2CCC(C(O)S(N)(=O)=O)CC2)c(Cl)c1-c1ccc(CC(C)(C)C)cc1OC(F)F. The van der Waals surface area contributed by atoms with Gasteiger partial charge in [-0.15, -0.1) is 0 Å². The van der Waals surface area contributed by atoms with Crippen molar-refractivity contribution < 1.29 is 31.8 Å². The number of aromatic nitrogens is 2. The fourth-order valence-corrected chi connectivity index (χ4v) is 6.15. The summed E-state index contributed by atoms with van der Waals surface area (Å²) in [6.07, 6.45) is 2.78. The highest BCUT2D eigenvalue weighted by molar-refractivity contribution is 7.89. The van der Waals surface area contributed by atoms with E-state index in [1.165, 1.54) is 4.68 Å². The Morgan fingerprint density at radius 2 is 1.92 bits per heavy atom. The van der Waals surface area contributed by atoms with Crippen LogP contribution in [-0.4, -0.2) is 47.8 Å². The van der Waals surface area contributed by atoms with Gasteiger partial charge in [-0.2, -0.15) is 13.9 Å². The molecule has 4 N–H and O–H groups in total. The van der Waals surface area contributed by atoms with Crippen molar-refractivity contribution >= 4 is 27.5 Å². The number of carbonyl (C=O) groups excluding carboxylic acids is 1. The molecule has 1 heterocycles. The van der Waals surface area contributed by atoms with Crippen molar-refractivity contribution in [3.8, 4) is 17.0 Å². The first-order valence-electron chi connectivity index (χ1n) is 12.9. The predicted octanol–water partition coefficient (Wildman–Crippen LogP) is 4.56. The molecule has 1 unspecified atom stereocenters. The minimum absolute atomic E-state index is 0.0250. The van der Waals surface area contributed by atoms with Crippen LogP contribution in [0.3, 0.4) is 0 Å². The number of aryl methyl sites for hydroxylation is 1. The molecule has 1 saturated carbocycles. The van der Waals surface area contributed by atoms with Gasteiger partial charge in [0.25, 0.3) is 5.91 Å². The average molecular weight is 591 g/mol. The summed E-state index contributed by atoms with van der Waals surface area (Å²) >= 11 is 6.63. The summed E-state index contributed by atoms with van der Waals surface area (Å²) in [5, 5.41) is 22.2. The Hall–Kier alpha value is -2.28. The number of ether oxygens (including phenoxy) is 1. The molecule has 0 bridgehead atoms. The van der Waals surface area contributed by atoms with Crippen molar-refractivity contribution in [2.75, 3.05) is 6.54 Å². The predicted molar refractivity (Wildman–Crippen MR) is 145 cm³/mol. The first-order valence-corrected chi connectivity index (χ1v) is 14.9. The summed E-state index contributed by atoms with van der Waals surface area (Å²) in [4.78, 5) is 13.0. The lowest BCUT2D eigenvalue weighted by Gasteiger charge is -2.30. The Morgan fingerprint density at radius 1 is 1.28 bits per heavy atom. The first kappa shape index (κ1) is 31.3. The second-order valence-electron chi connectivity index (χ2n) is 11.2. The largest absolute Gasteiger partial charge is 0.434 e. The quantitative estimate of drug-likeness (QED) is 0.371. The zero-order chi connectivity index (χ0) is 29.1. The number of rotatable bonds is 10. The molecule has 0 spiro atoms. The minimum atomic E-state index is -4.02. The second kappa shape index (κ2) is 12.5. The van der Waals surface area contributed by atoms with Crippen LogP contribution in [0.1, 0.15) is 69.4 Å². The zero-order valence-corrected chi connectivity index (χ0v) is 24.2. The Labute approximate surface area is 233 Å². The molecule has 0 aliphatic heterocycles. The molecule has 0 radical (unpaired) electrons. The highest BCUT2D eigenvalue weighted by atomic mass is 35.5. The van der Waals surface area contributed by atoms with Gasteiger partial charge in [0.1, 0.15) is 5.75 Å². The monoisotopic (exact) mass is 590 g/mol. The van der Waals surface area contributed by atoms with E-state index in [-0.39, 0.29) is 27.8 Å². The van der Waals surface area contributed by atoms with Crippen molar-refractivity contribution in [1.82, 2.24) is 15.1 Å². The van der Waals surface area contributed by atoms with Crippen LogP contribution in [-0.2, 0) is 23.0 Å². The van der Waals surface area contributed by atoms with Gasteiger partial charge in [-0.1, -0.05) is 38.4 Å². The van der Waals surface area contributed by atoms with Crippen LogP contribution in [0.2, 0.25) is 5.02 Å². The van der Waals surface area contributed by atoms with Crippen molar-refractivity contribution in [3.63, 3.8) is 0 Å². The Kier molecular flexibility index (Phi) is 10.0. The number of benzene rings is 1. The van der Waals surface area contributed by atoms with E-state index in [1.54, 1.807) is 19.1 Å². The van der Waals surface area contributed by atoms with Gasteiger partial charge < -0.3 is 15.2 Å². The topological polar surface area (TPSA) is 137 Å². The van der Waals surface area contributed by atoms with Gasteiger partial charge in [0, 0.05) is 24.6 Å². The van der Waals surface area contributed by atoms with Crippen LogP contribution in [0.25, 0.3) is 11.3 Å². The molecule has 3 rings (SSSR count). The molecule has 1 aromatic heterocycles. The van der Waals surface area contributed by atoms with E-state index in [2.05, 4.69) is 10.4 Å². The molecule has 13 heteroatoms. The minimum Gasteiger partial charge on any atom is -0.434 e. The normalized spacial score (nSPS) is 19.2. The summed E-state index contributed by atoms with van der Waals surface area (Å²) < 4.78 is 55.8. The van der Waals surface area contributed by atoms with Crippen molar-refractivity contribution in [1.29, 1.82) is 0 Å². The van der Waals surface area contributed by atoms with Crippen molar-refractivity contribution in [3.05, 3.63) is 34.5 Å². The zero-order valence-electron chi connectivity index (χ0n) is 22.6. The standard InChI is InChI=1S/C26H37ClF2N4O5S/c1-5-33-22(18-11-8-16(13-26(2,3)4)12-19(18)38-25(28)29)20(27)21(32-33)23(34)31-14-15-6-9-17(10-7-15)24(35)39(30,36)37/h8,11-12,15,17,24-25,35H,5-7,9-10,13-14H2,1-4H3,(H,31,34)(H2,30,36,37). The molecule has 1 aromatic carbocycles. The number of sulfonamides is 1. The highest BCUT2D eigenvalue weighted by Gasteiger charge is 2.33. The second-order valence-corrected chi connectivity index (χ2v) is 13.3. The summed E-state index contributed by atoms with van der Waals surface area (Å²) in [5.41, 5.74) is -0.264. The van der Waals surface area contributed by atoms with Gasteiger partial charge >= 0.3 is 6.61 Å². The van der Waals surface area contributed by atoms with Crippen LogP contribution in [0.4, 0.5) is 8.78 Å². The number of aliphatic hydroxyl groups is 1. The molecule has 1 aliphatic carbocycles. The smallest absolute Gasteiger partial charge is 0.387 e. The molecular weight excluding hydrogens is 554 g/mol. The lowest BCUT2D eigenvalue weighted by atomic mass is 9.82. The van der Waals surface area contributed by atoms with Crippen LogP contribution < -0.4 is 15.2 Å². The third-order valence-electron chi connectivity index (χ3n) is 6.84. The average Bonchev–Trinajstić information content (AvgIpc) is 3.16. The van der Waals surface area contributed by atoms with E-state index in [4.69, 9.17) is 21.5 Å². The van der Waals surface area contributed by atoms with Gasteiger partial charge in [-0.05, 0) is 68.1 Å². The van der Waals surface area contributed by atoms with Crippen LogP contribution in [0, 0.1) is 17.3 Å². The molecule has 1 amide bonds. The summed E-state index contributed by atoms with van der Waals surface area (Å²) in [6.45, 7) is 5.52. The summed E-state index contributed by atoms with van der Waals surface area (Å²) in [7, 11) is -4.02. The van der Waals surface area contributed by atoms with E-state index in [0.29, 0.717) is 56.5 Å². The lowest BCUT2D eigenvalue weighted by Crippen LogP contribution is -2.38. The maximum Gasteiger partial charge on any atom is 0.387 e. The van der Waals surface area contributed by atoms with E-state index in [9.17, 15) is 27.1 Å². The molecule has 1 fully saturated rings. The van der Waals surface area contributed by atoms with E-state index < -0.39 is 33.9 Å². The Balaban J connectivity index is 1.78. The maximum atomic E-state index is 13.3. The number of hydrogen-bond acceptors (Lipinski definition) is 6. The first-order chi connectivity index (χ1) is 18.1. The number of alkyl halides is 2. The number of aliphatic hydroxyl groups excluding tert-OH is 1. The molecule has 0 saturated heterocycles.